The van der Waals surface area contributed by atoms with Gasteiger partial charge in [0.15, 0.2) is 0 Å². The maximum Gasteiger partial charge on any atom is 0.126 e. The van der Waals surface area contributed by atoms with Crippen molar-refractivity contribution in [1.29, 1.82) is 0 Å². The lowest BCUT2D eigenvalue weighted by Gasteiger charge is -2.15. The predicted octanol–water partition coefficient (Wildman–Crippen LogP) is 3.39. The molecule has 0 aliphatic rings. The van der Waals surface area contributed by atoms with Gasteiger partial charge >= 0.3 is 0 Å². The fraction of sp³-hybridized carbons (Fsp3) is 0.538. The zero-order chi connectivity index (χ0) is 11.4. The number of ether oxygens (including phenoxy) is 2. The van der Waals surface area contributed by atoms with Gasteiger partial charge in [0, 0.05) is 5.56 Å². The van der Waals surface area contributed by atoms with E-state index in [2.05, 4.69) is 32.9 Å². The molecule has 0 radical (unpaired) electrons. The molecule has 0 aromatic heterocycles. The summed E-state index contributed by atoms with van der Waals surface area (Å²) in [7, 11) is 3.41. The molecule has 0 aliphatic heterocycles. The Morgan fingerprint density at radius 2 is 1.53 bits per heavy atom. The number of hydrogen-bond donors (Lipinski definition) is 0. The quantitative estimate of drug-likeness (QED) is 0.755. The van der Waals surface area contributed by atoms with E-state index in [4.69, 9.17) is 9.47 Å². The van der Waals surface area contributed by atoms with Gasteiger partial charge in [-0.05, 0) is 30.0 Å². The van der Waals surface area contributed by atoms with Crippen molar-refractivity contribution in [3.05, 3.63) is 23.3 Å². The van der Waals surface area contributed by atoms with Gasteiger partial charge in [0.1, 0.15) is 11.5 Å². The van der Waals surface area contributed by atoms with Crippen LogP contribution in [-0.2, 0) is 6.42 Å². The minimum absolute atomic E-state index is 0.485. The largest absolute Gasteiger partial charge is 0.496 e. The fourth-order valence-electron chi connectivity index (χ4n) is 1.69. The predicted molar refractivity (Wildman–Crippen MR) is 63.0 cm³/mol. The van der Waals surface area contributed by atoms with E-state index in [0.29, 0.717) is 5.92 Å². The third-order valence-electron chi connectivity index (χ3n) is 2.65. The van der Waals surface area contributed by atoms with E-state index in [9.17, 15) is 0 Å². The SMILES string of the molecule is CCc1c(OC)cc(C(C)C)cc1OC. The maximum atomic E-state index is 5.39. The van der Waals surface area contributed by atoms with Crippen LogP contribution < -0.4 is 9.47 Å². The van der Waals surface area contributed by atoms with E-state index in [0.717, 1.165) is 23.5 Å². The first kappa shape index (κ1) is 11.9. The molecule has 2 nitrogen and oxygen atoms in total. The van der Waals surface area contributed by atoms with Crippen LogP contribution in [0.2, 0.25) is 0 Å². The highest BCUT2D eigenvalue weighted by Crippen LogP contribution is 2.33. The highest BCUT2D eigenvalue weighted by molar-refractivity contribution is 5.48. The van der Waals surface area contributed by atoms with Crippen LogP contribution in [0.1, 0.15) is 37.8 Å². The maximum absolute atomic E-state index is 5.39. The molecule has 0 fully saturated rings. The Kier molecular flexibility index (Phi) is 4.01. The summed E-state index contributed by atoms with van der Waals surface area (Å²) in [5.74, 6) is 2.35. The van der Waals surface area contributed by atoms with Crippen molar-refractivity contribution >= 4 is 0 Å². The van der Waals surface area contributed by atoms with Gasteiger partial charge in [0.2, 0.25) is 0 Å². The van der Waals surface area contributed by atoms with Gasteiger partial charge in [0.25, 0.3) is 0 Å². The van der Waals surface area contributed by atoms with E-state index in [1.165, 1.54) is 5.56 Å². The number of rotatable bonds is 4. The molecule has 84 valence electrons. The highest BCUT2D eigenvalue weighted by Gasteiger charge is 2.12. The summed E-state index contributed by atoms with van der Waals surface area (Å²) in [6.07, 6.45) is 0.921. The Labute approximate surface area is 92.2 Å². The van der Waals surface area contributed by atoms with Crippen molar-refractivity contribution in [1.82, 2.24) is 0 Å². The standard InChI is InChI=1S/C13H20O2/c1-6-11-12(14-4)7-10(9(2)3)8-13(11)15-5/h7-9H,6H2,1-5H3. The molecule has 2 heteroatoms. The van der Waals surface area contributed by atoms with E-state index in [-0.39, 0.29) is 0 Å². The van der Waals surface area contributed by atoms with Gasteiger partial charge in [-0.1, -0.05) is 20.8 Å². The van der Waals surface area contributed by atoms with Crippen molar-refractivity contribution in [2.45, 2.75) is 33.1 Å². The zero-order valence-corrected chi connectivity index (χ0v) is 10.3. The summed E-state index contributed by atoms with van der Waals surface area (Å²) in [5, 5.41) is 0. The molecule has 0 saturated heterocycles. The smallest absolute Gasteiger partial charge is 0.126 e. The molecular weight excluding hydrogens is 188 g/mol. The van der Waals surface area contributed by atoms with E-state index in [1.54, 1.807) is 14.2 Å². The molecule has 1 rings (SSSR count). The number of benzene rings is 1. The van der Waals surface area contributed by atoms with Gasteiger partial charge in [-0.3, -0.25) is 0 Å². The first-order chi connectivity index (χ1) is 7.13. The summed E-state index contributed by atoms with van der Waals surface area (Å²) < 4.78 is 10.8. The molecule has 0 saturated carbocycles. The Hall–Kier alpha value is -1.18. The number of methoxy groups -OCH3 is 2. The van der Waals surface area contributed by atoms with Crippen LogP contribution in [0.3, 0.4) is 0 Å². The average Bonchev–Trinajstić information content (AvgIpc) is 2.26. The molecule has 0 heterocycles. The summed E-state index contributed by atoms with van der Waals surface area (Å²) in [5.41, 5.74) is 2.39. The lowest BCUT2D eigenvalue weighted by Crippen LogP contribution is -1.99. The molecule has 0 amide bonds. The van der Waals surface area contributed by atoms with Crippen LogP contribution >= 0.6 is 0 Å². The average molecular weight is 208 g/mol. The molecule has 15 heavy (non-hydrogen) atoms. The second-order valence-electron chi connectivity index (χ2n) is 3.91. The Balaban J connectivity index is 3.29. The van der Waals surface area contributed by atoms with Crippen molar-refractivity contribution in [2.24, 2.45) is 0 Å². The summed E-state index contributed by atoms with van der Waals surface area (Å²) in [6.45, 7) is 6.44. The molecule has 1 aromatic carbocycles. The van der Waals surface area contributed by atoms with Crippen LogP contribution in [-0.4, -0.2) is 14.2 Å². The van der Waals surface area contributed by atoms with Crippen molar-refractivity contribution in [3.8, 4) is 11.5 Å². The third kappa shape index (κ3) is 2.44. The minimum atomic E-state index is 0.485. The van der Waals surface area contributed by atoms with Crippen LogP contribution in [0.5, 0.6) is 11.5 Å². The molecule has 1 aromatic rings. The summed E-state index contributed by atoms with van der Waals surface area (Å²) in [4.78, 5) is 0. The highest BCUT2D eigenvalue weighted by atomic mass is 16.5. The number of hydrogen-bond acceptors (Lipinski definition) is 2. The molecule has 0 aliphatic carbocycles. The van der Waals surface area contributed by atoms with Crippen LogP contribution in [0, 0.1) is 0 Å². The Morgan fingerprint density at radius 3 is 1.80 bits per heavy atom. The van der Waals surface area contributed by atoms with Crippen molar-refractivity contribution in [2.75, 3.05) is 14.2 Å². The topological polar surface area (TPSA) is 18.5 Å². The molecular formula is C13H20O2. The lowest BCUT2D eigenvalue weighted by molar-refractivity contribution is 0.385. The molecule has 0 N–H and O–H groups in total. The van der Waals surface area contributed by atoms with Gasteiger partial charge < -0.3 is 9.47 Å². The third-order valence-corrected chi connectivity index (χ3v) is 2.65. The first-order valence-corrected chi connectivity index (χ1v) is 5.38. The second-order valence-corrected chi connectivity index (χ2v) is 3.91. The summed E-state index contributed by atoms with van der Waals surface area (Å²) >= 11 is 0. The fourth-order valence-corrected chi connectivity index (χ4v) is 1.69. The van der Waals surface area contributed by atoms with Crippen LogP contribution in [0.25, 0.3) is 0 Å². The van der Waals surface area contributed by atoms with E-state index < -0.39 is 0 Å². The molecule has 0 spiro atoms. The molecule has 0 bridgehead atoms. The van der Waals surface area contributed by atoms with Gasteiger partial charge in [-0.2, -0.15) is 0 Å². The molecule has 0 atom stereocenters. The zero-order valence-electron chi connectivity index (χ0n) is 10.3. The van der Waals surface area contributed by atoms with Crippen molar-refractivity contribution in [3.63, 3.8) is 0 Å². The monoisotopic (exact) mass is 208 g/mol. The van der Waals surface area contributed by atoms with E-state index in [1.807, 2.05) is 0 Å². The van der Waals surface area contributed by atoms with Gasteiger partial charge in [-0.25, -0.2) is 0 Å². The van der Waals surface area contributed by atoms with Crippen molar-refractivity contribution < 1.29 is 9.47 Å². The van der Waals surface area contributed by atoms with E-state index >= 15 is 0 Å². The Bertz CT molecular complexity index is 304. The van der Waals surface area contributed by atoms with Gasteiger partial charge in [0.05, 0.1) is 14.2 Å². The minimum Gasteiger partial charge on any atom is -0.496 e. The van der Waals surface area contributed by atoms with Crippen LogP contribution in [0.4, 0.5) is 0 Å². The molecule has 0 unspecified atom stereocenters. The summed E-state index contributed by atoms with van der Waals surface area (Å²) in [6, 6.07) is 4.21. The normalized spacial score (nSPS) is 10.5. The van der Waals surface area contributed by atoms with Crippen LogP contribution in [0.15, 0.2) is 12.1 Å². The van der Waals surface area contributed by atoms with Gasteiger partial charge in [-0.15, -0.1) is 0 Å². The first-order valence-electron chi connectivity index (χ1n) is 5.38. The Morgan fingerprint density at radius 1 is 1.07 bits per heavy atom. The second kappa shape index (κ2) is 5.06. The lowest BCUT2D eigenvalue weighted by atomic mass is 9.99.